The van der Waals surface area contributed by atoms with Crippen molar-refractivity contribution >= 4 is 11.8 Å². The molecule has 0 spiro atoms. The summed E-state index contributed by atoms with van der Waals surface area (Å²) in [5.74, 6) is 2.19. The monoisotopic (exact) mass is 396 g/mol. The number of allylic oxidation sites excluding steroid dienone is 1. The highest BCUT2D eigenvalue weighted by Crippen LogP contribution is 2.63. The van der Waals surface area contributed by atoms with Gasteiger partial charge >= 0.3 is 0 Å². The summed E-state index contributed by atoms with van der Waals surface area (Å²) in [4.78, 5) is 27.7. The fourth-order valence-corrected chi connectivity index (χ4v) is 7.97. The van der Waals surface area contributed by atoms with E-state index in [4.69, 9.17) is 0 Å². The molecule has 0 aromatic carbocycles. The number of nitrogens with one attached hydrogen (secondary N) is 1. The second kappa shape index (κ2) is 6.46. The van der Waals surface area contributed by atoms with Crippen molar-refractivity contribution in [2.75, 3.05) is 0 Å². The van der Waals surface area contributed by atoms with Crippen molar-refractivity contribution in [1.29, 1.82) is 0 Å². The summed E-state index contributed by atoms with van der Waals surface area (Å²) in [6.07, 6.45) is 14.0. The van der Waals surface area contributed by atoms with Crippen molar-refractivity contribution in [3.8, 4) is 0 Å². The summed E-state index contributed by atoms with van der Waals surface area (Å²) in [5.41, 5.74) is 1.19. The second-order valence-electron chi connectivity index (χ2n) is 11.0. The molecule has 158 valence electrons. The van der Waals surface area contributed by atoms with Crippen LogP contribution in [0.4, 0.5) is 0 Å². The summed E-state index contributed by atoms with van der Waals surface area (Å²) in [5, 5.41) is 3.24. The first-order valence-corrected chi connectivity index (χ1v) is 11.8. The van der Waals surface area contributed by atoms with Crippen molar-refractivity contribution in [1.82, 2.24) is 10.2 Å². The Balaban J connectivity index is 1.42. The Kier molecular flexibility index (Phi) is 4.32. The normalized spacial score (nSPS) is 48.5. The average Bonchev–Trinajstić information content (AvgIpc) is 3.20. The molecule has 0 bridgehead atoms. The molecule has 4 nitrogen and oxygen atoms in total. The Morgan fingerprint density at radius 3 is 2.52 bits per heavy atom. The van der Waals surface area contributed by atoms with E-state index in [1.807, 2.05) is 0 Å². The lowest BCUT2D eigenvalue weighted by Gasteiger charge is -2.58. The number of carbonyl (C=O) groups excluding carboxylic acids is 2. The zero-order valence-corrected chi connectivity index (χ0v) is 18.4. The van der Waals surface area contributed by atoms with Crippen LogP contribution in [0.1, 0.15) is 72.6 Å². The van der Waals surface area contributed by atoms with Crippen LogP contribution in [0.15, 0.2) is 23.8 Å². The largest absolute Gasteiger partial charge is 0.349 e. The van der Waals surface area contributed by atoms with Gasteiger partial charge in [0.2, 0.25) is 5.91 Å². The van der Waals surface area contributed by atoms with Crippen LogP contribution in [0.25, 0.3) is 0 Å². The summed E-state index contributed by atoms with van der Waals surface area (Å²) in [7, 11) is 0. The molecule has 0 radical (unpaired) electrons. The van der Waals surface area contributed by atoms with Gasteiger partial charge in [-0.25, -0.2) is 0 Å². The van der Waals surface area contributed by atoms with E-state index < -0.39 is 0 Å². The predicted octanol–water partition coefficient (Wildman–Crippen LogP) is 4.22. The van der Waals surface area contributed by atoms with Crippen LogP contribution in [-0.4, -0.2) is 34.8 Å². The molecule has 0 aromatic heterocycles. The highest BCUT2D eigenvalue weighted by Gasteiger charge is 2.59. The lowest BCUT2D eigenvalue weighted by molar-refractivity contribution is -0.132. The van der Waals surface area contributed by atoms with Crippen LogP contribution in [0.3, 0.4) is 0 Å². The van der Waals surface area contributed by atoms with E-state index in [9.17, 15) is 9.59 Å². The first-order chi connectivity index (χ1) is 13.8. The third-order valence-electron chi connectivity index (χ3n) is 9.68. The molecule has 5 aliphatic rings. The van der Waals surface area contributed by atoms with E-state index in [1.54, 1.807) is 6.08 Å². The van der Waals surface area contributed by atoms with Gasteiger partial charge in [-0.1, -0.05) is 26.0 Å². The highest BCUT2D eigenvalue weighted by atomic mass is 16.2. The van der Waals surface area contributed by atoms with Gasteiger partial charge in [0.15, 0.2) is 0 Å². The molecule has 2 heterocycles. The van der Waals surface area contributed by atoms with Gasteiger partial charge in [-0.2, -0.15) is 0 Å². The molecular formula is C25H36N2O2. The molecule has 5 rings (SSSR count). The van der Waals surface area contributed by atoms with E-state index in [0.29, 0.717) is 35.7 Å². The number of hydrogen-bond acceptors (Lipinski definition) is 2. The minimum absolute atomic E-state index is 0.0190. The minimum atomic E-state index is 0.0190. The van der Waals surface area contributed by atoms with Gasteiger partial charge in [0.1, 0.15) is 0 Å². The van der Waals surface area contributed by atoms with Crippen molar-refractivity contribution in [2.45, 2.75) is 90.8 Å². The van der Waals surface area contributed by atoms with Gasteiger partial charge in [-0.3, -0.25) is 9.59 Å². The predicted molar refractivity (Wildman–Crippen MR) is 114 cm³/mol. The third-order valence-corrected chi connectivity index (χ3v) is 9.68. The lowest BCUT2D eigenvalue weighted by Crippen LogP contribution is -2.59. The number of hydrogen-bond donors (Lipinski definition) is 1. The average molecular weight is 397 g/mol. The lowest BCUT2D eigenvalue weighted by atomic mass is 9.48. The van der Waals surface area contributed by atoms with Gasteiger partial charge in [0.25, 0.3) is 5.91 Å². The maximum atomic E-state index is 13.6. The molecule has 2 aliphatic heterocycles. The maximum Gasteiger partial charge on any atom is 0.250 e. The topological polar surface area (TPSA) is 49.4 Å². The number of amides is 2. The number of nitrogens with zero attached hydrogens (tertiary/aromatic N) is 1. The molecule has 3 aliphatic carbocycles. The summed E-state index contributed by atoms with van der Waals surface area (Å²) in [6, 6.07) is 0.998. The third kappa shape index (κ3) is 2.63. The van der Waals surface area contributed by atoms with Crippen LogP contribution in [0, 0.1) is 28.6 Å². The number of carbonyl (C=O) groups is 2. The van der Waals surface area contributed by atoms with Gasteiger partial charge in [0.05, 0.1) is 0 Å². The van der Waals surface area contributed by atoms with Crippen molar-refractivity contribution in [3.63, 3.8) is 0 Å². The van der Waals surface area contributed by atoms with Crippen LogP contribution >= 0.6 is 0 Å². The van der Waals surface area contributed by atoms with Crippen LogP contribution in [0.5, 0.6) is 0 Å². The standard InChI is InChI=1S/C25H36N2O2/c1-15-5-6-16(2)27(15)23(29)20-9-8-18-17-7-10-21-25(4,14-12-22(28)26-21)19(17)11-13-24(18,20)3/h9,12,14-19,21H,5-8,10-11,13H2,1-4H3,(H,26,28)/t15?,16?,17-,18-,19-,21+,24-,25+/m0/s1. The van der Waals surface area contributed by atoms with Crippen LogP contribution in [-0.2, 0) is 9.59 Å². The first-order valence-electron chi connectivity index (χ1n) is 11.8. The molecular weight excluding hydrogens is 360 g/mol. The molecule has 4 heteroatoms. The van der Waals surface area contributed by atoms with Gasteiger partial charge < -0.3 is 10.2 Å². The molecule has 2 saturated carbocycles. The zero-order chi connectivity index (χ0) is 20.6. The van der Waals surface area contributed by atoms with Crippen LogP contribution < -0.4 is 5.32 Å². The molecule has 29 heavy (non-hydrogen) atoms. The molecule has 0 aromatic rings. The van der Waals surface area contributed by atoms with E-state index in [2.05, 4.69) is 50.1 Å². The number of fused-ring (bicyclic) bond motifs is 5. The zero-order valence-electron chi connectivity index (χ0n) is 18.4. The fourth-order valence-electron chi connectivity index (χ4n) is 7.97. The van der Waals surface area contributed by atoms with Crippen molar-refractivity contribution < 1.29 is 9.59 Å². The Labute approximate surface area is 175 Å². The Bertz CT molecular complexity index is 791. The van der Waals surface area contributed by atoms with Gasteiger partial charge in [0, 0.05) is 34.5 Å². The van der Waals surface area contributed by atoms with E-state index >= 15 is 0 Å². The Hall–Kier alpha value is -1.58. The van der Waals surface area contributed by atoms with E-state index in [0.717, 1.165) is 44.1 Å². The van der Waals surface area contributed by atoms with Crippen LogP contribution in [0.2, 0.25) is 0 Å². The molecule has 3 fully saturated rings. The first kappa shape index (κ1) is 19.4. The van der Waals surface area contributed by atoms with E-state index in [1.165, 1.54) is 6.42 Å². The number of rotatable bonds is 1. The molecule has 8 atom stereocenters. The minimum Gasteiger partial charge on any atom is -0.349 e. The number of likely N-dealkylation sites (tertiary alicyclic amines) is 1. The van der Waals surface area contributed by atoms with E-state index in [-0.39, 0.29) is 22.8 Å². The SMILES string of the molecule is CC1CCC(C)N1C(=O)C1=CC[C@H]2[C@@H]3CC[C@H]4NC(=O)C=C[C@]4(C)[C@H]3CC[C@]12C. The summed E-state index contributed by atoms with van der Waals surface area (Å²) >= 11 is 0. The molecule has 1 saturated heterocycles. The molecule has 2 amide bonds. The second-order valence-corrected chi connectivity index (χ2v) is 11.0. The highest BCUT2D eigenvalue weighted by molar-refractivity contribution is 5.96. The summed E-state index contributed by atoms with van der Waals surface area (Å²) in [6.45, 7) is 9.15. The fraction of sp³-hybridized carbons (Fsp3) is 0.760. The van der Waals surface area contributed by atoms with Crippen molar-refractivity contribution in [3.05, 3.63) is 23.8 Å². The quantitative estimate of drug-likeness (QED) is 0.721. The van der Waals surface area contributed by atoms with Gasteiger partial charge in [-0.15, -0.1) is 0 Å². The van der Waals surface area contributed by atoms with Gasteiger partial charge in [-0.05, 0) is 82.6 Å². The van der Waals surface area contributed by atoms with Crippen molar-refractivity contribution in [2.24, 2.45) is 28.6 Å². The smallest absolute Gasteiger partial charge is 0.250 e. The Morgan fingerprint density at radius 2 is 1.79 bits per heavy atom. The molecule has 1 N–H and O–H groups in total. The Morgan fingerprint density at radius 1 is 1.07 bits per heavy atom. The molecule has 2 unspecified atom stereocenters. The maximum absolute atomic E-state index is 13.6. The summed E-state index contributed by atoms with van der Waals surface area (Å²) < 4.78 is 0.